The van der Waals surface area contributed by atoms with Crippen LogP contribution >= 0.6 is 11.6 Å². The summed E-state index contributed by atoms with van der Waals surface area (Å²) in [4.78, 5) is 0. The van der Waals surface area contributed by atoms with Crippen molar-refractivity contribution in [3.05, 3.63) is 22.8 Å². The Morgan fingerprint density at radius 2 is 2.18 bits per heavy atom. The van der Waals surface area contributed by atoms with E-state index in [1.165, 1.54) is 0 Å². The quantitative estimate of drug-likeness (QED) is 0.585. The molecule has 1 rings (SSSR count). The Morgan fingerprint density at radius 3 is 2.55 bits per heavy atom. The van der Waals surface area contributed by atoms with Crippen LogP contribution in [0, 0.1) is 0 Å². The molecular formula is C8H13CaClO. The van der Waals surface area contributed by atoms with E-state index in [-0.39, 0.29) is 37.7 Å². The van der Waals surface area contributed by atoms with E-state index >= 15 is 0 Å². The first-order valence-corrected chi connectivity index (χ1v) is 3.66. The zero-order valence-corrected chi connectivity index (χ0v) is 6.94. The van der Waals surface area contributed by atoms with E-state index in [1.807, 2.05) is 6.92 Å². The average molecular weight is 201 g/mol. The van der Waals surface area contributed by atoms with Crippen molar-refractivity contribution in [3.8, 4) is 0 Å². The third kappa shape index (κ3) is 3.47. The summed E-state index contributed by atoms with van der Waals surface area (Å²) in [6, 6.07) is 0. The van der Waals surface area contributed by atoms with Crippen LogP contribution in [-0.2, 0) is 0 Å². The minimum atomic E-state index is -0.692. The molecule has 0 aliphatic heterocycles. The first kappa shape index (κ1) is 12.0. The predicted molar refractivity (Wildman–Crippen MR) is 51.5 cm³/mol. The molecule has 1 aliphatic carbocycles. The molecule has 0 spiro atoms. The molecule has 1 nitrogen and oxygen atoms in total. The number of hydrogen-bond acceptors (Lipinski definition) is 1. The van der Waals surface area contributed by atoms with Crippen LogP contribution < -0.4 is 0 Å². The third-order valence-electron chi connectivity index (χ3n) is 1.62. The molecule has 0 fully saturated rings. The molecule has 0 radical (unpaired) electrons. The monoisotopic (exact) mass is 200 g/mol. The van der Waals surface area contributed by atoms with Crippen LogP contribution in [0.4, 0.5) is 0 Å². The normalized spacial score (nSPS) is 30.2. The minimum absolute atomic E-state index is 0. The Balaban J connectivity index is 0.000001000. The van der Waals surface area contributed by atoms with Crippen LogP contribution in [0.15, 0.2) is 22.8 Å². The van der Waals surface area contributed by atoms with Gasteiger partial charge in [0.05, 0.1) is 5.60 Å². The fourth-order valence-electron chi connectivity index (χ4n) is 1.08. The molecule has 0 aromatic carbocycles. The Kier molecular flexibility index (Phi) is 4.68. The molecule has 1 atom stereocenters. The second-order valence-corrected chi connectivity index (χ2v) is 3.40. The van der Waals surface area contributed by atoms with Gasteiger partial charge < -0.3 is 5.11 Å². The van der Waals surface area contributed by atoms with E-state index in [2.05, 4.69) is 0 Å². The summed E-state index contributed by atoms with van der Waals surface area (Å²) in [5.74, 6) is 0. The van der Waals surface area contributed by atoms with Crippen molar-refractivity contribution in [1.29, 1.82) is 0 Å². The van der Waals surface area contributed by atoms with Crippen LogP contribution in [0.5, 0.6) is 0 Å². The molecule has 0 bridgehead atoms. The van der Waals surface area contributed by atoms with Gasteiger partial charge in [0.1, 0.15) is 0 Å². The average Bonchev–Trinajstić information content (AvgIpc) is 1.79. The summed E-state index contributed by atoms with van der Waals surface area (Å²) in [6.07, 6.45) is 4.12. The van der Waals surface area contributed by atoms with Gasteiger partial charge in [-0.05, 0) is 19.9 Å². The number of aliphatic hydroxyl groups is 1. The summed E-state index contributed by atoms with van der Waals surface area (Å²) >= 11 is 5.78. The van der Waals surface area contributed by atoms with E-state index in [4.69, 9.17) is 11.6 Å². The van der Waals surface area contributed by atoms with Gasteiger partial charge in [0.2, 0.25) is 0 Å². The van der Waals surface area contributed by atoms with Crippen LogP contribution in [0.25, 0.3) is 0 Å². The first-order valence-electron chi connectivity index (χ1n) is 3.28. The molecule has 1 unspecified atom stereocenters. The molecule has 1 aliphatic rings. The number of rotatable bonds is 0. The standard InChI is InChI=1S/C8H11ClO.Ca.2H/c1-6-5-8(2,10)4-3-7(6)9;;;/h3-4,10H,5H2,1-2H3;;;. The van der Waals surface area contributed by atoms with Crippen molar-refractivity contribution >= 4 is 49.3 Å². The molecule has 0 saturated carbocycles. The Labute approximate surface area is 102 Å². The van der Waals surface area contributed by atoms with E-state index in [1.54, 1.807) is 19.1 Å². The molecule has 0 amide bonds. The van der Waals surface area contributed by atoms with Crippen LogP contribution in [0.2, 0.25) is 0 Å². The molecule has 0 aromatic rings. The zero-order chi connectivity index (χ0) is 7.78. The topological polar surface area (TPSA) is 20.2 Å². The van der Waals surface area contributed by atoms with Crippen molar-refractivity contribution in [2.24, 2.45) is 0 Å². The van der Waals surface area contributed by atoms with Crippen molar-refractivity contribution in [2.45, 2.75) is 25.9 Å². The second-order valence-electron chi connectivity index (χ2n) is 3.00. The van der Waals surface area contributed by atoms with Crippen molar-refractivity contribution < 1.29 is 5.11 Å². The van der Waals surface area contributed by atoms with Gasteiger partial charge in [-0.25, -0.2) is 0 Å². The zero-order valence-electron chi connectivity index (χ0n) is 6.19. The van der Waals surface area contributed by atoms with Crippen LogP contribution in [0.3, 0.4) is 0 Å². The molecule has 0 heterocycles. The van der Waals surface area contributed by atoms with Crippen molar-refractivity contribution in [2.75, 3.05) is 0 Å². The van der Waals surface area contributed by atoms with Gasteiger partial charge in [-0.2, -0.15) is 0 Å². The SMILES string of the molecule is CC1=C(Cl)C=CC(C)(O)C1.[CaH2]. The molecule has 0 aromatic heterocycles. The number of allylic oxidation sites excluding steroid dienone is 2. The summed E-state index contributed by atoms with van der Waals surface area (Å²) in [5, 5.41) is 10.2. The van der Waals surface area contributed by atoms with Crippen LogP contribution in [-0.4, -0.2) is 48.4 Å². The van der Waals surface area contributed by atoms with Gasteiger partial charge in [0, 0.05) is 11.5 Å². The fourth-order valence-corrected chi connectivity index (χ4v) is 1.20. The third-order valence-corrected chi connectivity index (χ3v) is 2.07. The Hall–Kier alpha value is 0.990. The van der Waals surface area contributed by atoms with E-state index < -0.39 is 5.60 Å². The Bertz CT molecular complexity index is 206. The molecular weight excluding hydrogens is 188 g/mol. The van der Waals surface area contributed by atoms with Gasteiger partial charge in [0.15, 0.2) is 0 Å². The van der Waals surface area contributed by atoms with Crippen molar-refractivity contribution in [1.82, 2.24) is 0 Å². The molecule has 3 heteroatoms. The van der Waals surface area contributed by atoms with Gasteiger partial charge >= 0.3 is 37.7 Å². The van der Waals surface area contributed by atoms with Gasteiger partial charge in [0.25, 0.3) is 0 Å². The Morgan fingerprint density at radius 1 is 1.64 bits per heavy atom. The summed E-state index contributed by atoms with van der Waals surface area (Å²) in [5.41, 5.74) is 0.358. The molecule has 11 heavy (non-hydrogen) atoms. The molecule has 0 saturated heterocycles. The summed E-state index contributed by atoms with van der Waals surface area (Å²) in [7, 11) is 0. The molecule has 60 valence electrons. The van der Waals surface area contributed by atoms with E-state index in [0.717, 1.165) is 10.6 Å². The maximum absolute atomic E-state index is 9.48. The van der Waals surface area contributed by atoms with Gasteiger partial charge in [-0.15, -0.1) is 0 Å². The summed E-state index contributed by atoms with van der Waals surface area (Å²) < 4.78 is 0. The van der Waals surface area contributed by atoms with Gasteiger partial charge in [-0.3, -0.25) is 0 Å². The maximum atomic E-state index is 9.48. The second kappa shape index (κ2) is 4.29. The summed E-state index contributed by atoms with van der Waals surface area (Å²) in [6.45, 7) is 3.70. The number of halogens is 1. The first-order chi connectivity index (χ1) is 4.51. The molecule has 1 N–H and O–H groups in total. The predicted octanol–water partition coefficient (Wildman–Crippen LogP) is 1.29. The fraction of sp³-hybridized carbons (Fsp3) is 0.500. The number of hydrogen-bond donors (Lipinski definition) is 1. The van der Waals surface area contributed by atoms with E-state index in [0.29, 0.717) is 6.42 Å². The van der Waals surface area contributed by atoms with E-state index in [9.17, 15) is 5.11 Å². The van der Waals surface area contributed by atoms with Crippen molar-refractivity contribution in [3.63, 3.8) is 0 Å². The van der Waals surface area contributed by atoms with Gasteiger partial charge in [-0.1, -0.05) is 23.3 Å². The van der Waals surface area contributed by atoms with Crippen LogP contribution in [0.1, 0.15) is 20.3 Å².